The number of pyridine rings is 1. The fraction of sp³-hybridized carbons (Fsp3) is 0.385. The maximum atomic E-state index is 4.40. The standard InChI is InChI=1S/C13H16BrN3S/c1-3-10-8-17-11(18-10)5-7-16-13-12(14)9(2)4-6-15-13/h4,6,8H,3,5,7H2,1-2H3,(H,15,16). The van der Waals surface area contributed by atoms with Gasteiger partial charge in [0.05, 0.1) is 9.48 Å². The Balaban J connectivity index is 1.90. The van der Waals surface area contributed by atoms with E-state index in [0.717, 1.165) is 29.7 Å². The molecule has 96 valence electrons. The molecule has 0 atom stereocenters. The van der Waals surface area contributed by atoms with Gasteiger partial charge in [0.2, 0.25) is 0 Å². The molecule has 0 aliphatic carbocycles. The minimum Gasteiger partial charge on any atom is -0.369 e. The summed E-state index contributed by atoms with van der Waals surface area (Å²) >= 11 is 5.34. The van der Waals surface area contributed by atoms with Gasteiger partial charge in [-0.3, -0.25) is 0 Å². The van der Waals surface area contributed by atoms with Crippen LogP contribution in [-0.4, -0.2) is 16.5 Å². The molecule has 2 heterocycles. The smallest absolute Gasteiger partial charge is 0.140 e. The number of nitrogens with one attached hydrogen (secondary N) is 1. The fourth-order valence-corrected chi connectivity index (χ4v) is 2.81. The predicted octanol–water partition coefficient (Wildman–Crippen LogP) is 3.83. The Kier molecular flexibility index (Phi) is 4.72. The maximum absolute atomic E-state index is 4.40. The van der Waals surface area contributed by atoms with E-state index in [9.17, 15) is 0 Å². The lowest BCUT2D eigenvalue weighted by Crippen LogP contribution is -2.07. The van der Waals surface area contributed by atoms with Crippen molar-refractivity contribution in [3.05, 3.63) is 38.4 Å². The average molecular weight is 326 g/mol. The summed E-state index contributed by atoms with van der Waals surface area (Å²) in [6.45, 7) is 5.07. The van der Waals surface area contributed by atoms with Crippen molar-refractivity contribution >= 4 is 33.1 Å². The molecule has 0 aromatic carbocycles. The Morgan fingerprint density at radius 3 is 2.94 bits per heavy atom. The van der Waals surface area contributed by atoms with Crippen LogP contribution in [-0.2, 0) is 12.8 Å². The molecule has 18 heavy (non-hydrogen) atoms. The van der Waals surface area contributed by atoms with Crippen molar-refractivity contribution in [3.8, 4) is 0 Å². The first-order chi connectivity index (χ1) is 8.70. The highest BCUT2D eigenvalue weighted by Gasteiger charge is 2.04. The summed E-state index contributed by atoms with van der Waals surface area (Å²) in [7, 11) is 0. The number of aryl methyl sites for hydroxylation is 2. The monoisotopic (exact) mass is 325 g/mol. The first kappa shape index (κ1) is 13.5. The molecule has 0 unspecified atom stereocenters. The zero-order chi connectivity index (χ0) is 13.0. The number of anilines is 1. The number of rotatable bonds is 5. The highest BCUT2D eigenvalue weighted by Crippen LogP contribution is 2.23. The zero-order valence-electron chi connectivity index (χ0n) is 10.5. The normalized spacial score (nSPS) is 10.6. The van der Waals surface area contributed by atoms with Crippen LogP contribution in [0, 0.1) is 6.92 Å². The lowest BCUT2D eigenvalue weighted by molar-refractivity contribution is 0.983. The summed E-state index contributed by atoms with van der Waals surface area (Å²) in [5, 5.41) is 4.52. The van der Waals surface area contributed by atoms with Gasteiger partial charge in [-0.15, -0.1) is 11.3 Å². The molecule has 0 saturated heterocycles. The summed E-state index contributed by atoms with van der Waals surface area (Å²) in [6.07, 6.45) is 5.80. The molecule has 0 aliphatic rings. The third-order valence-corrected chi connectivity index (χ3v) is 4.87. The van der Waals surface area contributed by atoms with Gasteiger partial charge in [0.25, 0.3) is 0 Å². The van der Waals surface area contributed by atoms with Gasteiger partial charge in [0, 0.05) is 30.2 Å². The van der Waals surface area contributed by atoms with E-state index in [1.807, 2.05) is 18.5 Å². The van der Waals surface area contributed by atoms with Gasteiger partial charge in [-0.2, -0.15) is 0 Å². The van der Waals surface area contributed by atoms with Crippen LogP contribution < -0.4 is 5.32 Å². The van der Waals surface area contributed by atoms with Crippen molar-refractivity contribution in [1.29, 1.82) is 0 Å². The number of aromatic nitrogens is 2. The van der Waals surface area contributed by atoms with E-state index in [1.165, 1.54) is 15.4 Å². The van der Waals surface area contributed by atoms with Gasteiger partial charge in [-0.25, -0.2) is 9.97 Å². The molecule has 2 rings (SSSR count). The van der Waals surface area contributed by atoms with E-state index < -0.39 is 0 Å². The van der Waals surface area contributed by atoms with Gasteiger partial charge < -0.3 is 5.32 Å². The molecule has 0 radical (unpaired) electrons. The lowest BCUT2D eigenvalue weighted by atomic mass is 10.3. The van der Waals surface area contributed by atoms with Crippen molar-refractivity contribution in [3.63, 3.8) is 0 Å². The molecule has 2 aromatic heterocycles. The van der Waals surface area contributed by atoms with Crippen molar-refractivity contribution in [2.75, 3.05) is 11.9 Å². The van der Waals surface area contributed by atoms with Gasteiger partial charge >= 0.3 is 0 Å². The number of hydrogen-bond donors (Lipinski definition) is 1. The fourth-order valence-electron chi connectivity index (χ4n) is 1.58. The molecule has 0 aliphatic heterocycles. The SMILES string of the molecule is CCc1cnc(CCNc2nccc(C)c2Br)s1. The summed E-state index contributed by atoms with van der Waals surface area (Å²) in [5.74, 6) is 0.905. The second kappa shape index (κ2) is 6.29. The van der Waals surface area contributed by atoms with Crippen LogP contribution in [0.2, 0.25) is 0 Å². The van der Waals surface area contributed by atoms with Crippen molar-refractivity contribution in [1.82, 2.24) is 9.97 Å². The van der Waals surface area contributed by atoms with Gasteiger partial charge in [0.15, 0.2) is 0 Å². The van der Waals surface area contributed by atoms with Crippen LogP contribution in [0.15, 0.2) is 22.9 Å². The highest BCUT2D eigenvalue weighted by molar-refractivity contribution is 9.10. The van der Waals surface area contributed by atoms with Gasteiger partial charge in [-0.05, 0) is 40.9 Å². The Morgan fingerprint density at radius 2 is 2.22 bits per heavy atom. The third-order valence-electron chi connectivity index (χ3n) is 2.66. The summed E-state index contributed by atoms with van der Waals surface area (Å²) in [4.78, 5) is 10.1. The summed E-state index contributed by atoms with van der Waals surface area (Å²) in [5.41, 5.74) is 1.19. The molecule has 5 heteroatoms. The summed E-state index contributed by atoms with van der Waals surface area (Å²) in [6, 6.07) is 1.99. The molecule has 1 N–H and O–H groups in total. The van der Waals surface area contributed by atoms with E-state index in [4.69, 9.17) is 0 Å². The second-order valence-electron chi connectivity index (χ2n) is 4.04. The van der Waals surface area contributed by atoms with Crippen molar-refractivity contribution in [2.24, 2.45) is 0 Å². The van der Waals surface area contributed by atoms with Crippen LogP contribution in [0.25, 0.3) is 0 Å². The van der Waals surface area contributed by atoms with Crippen molar-refractivity contribution in [2.45, 2.75) is 26.7 Å². The molecule has 0 spiro atoms. The number of halogens is 1. The highest BCUT2D eigenvalue weighted by atomic mass is 79.9. The van der Waals surface area contributed by atoms with E-state index in [2.05, 4.69) is 45.1 Å². The Bertz CT molecular complexity index is 525. The van der Waals surface area contributed by atoms with Crippen LogP contribution in [0.4, 0.5) is 5.82 Å². The van der Waals surface area contributed by atoms with E-state index in [1.54, 1.807) is 11.3 Å². The molecular formula is C13H16BrN3S. The number of thiazole rings is 1. The van der Waals surface area contributed by atoms with Gasteiger partial charge in [0.1, 0.15) is 5.82 Å². The molecule has 0 bridgehead atoms. The zero-order valence-corrected chi connectivity index (χ0v) is 12.9. The lowest BCUT2D eigenvalue weighted by Gasteiger charge is -2.07. The minimum atomic E-state index is 0.853. The first-order valence-electron chi connectivity index (χ1n) is 5.99. The Hall–Kier alpha value is -0.940. The average Bonchev–Trinajstić information content (AvgIpc) is 2.82. The molecule has 2 aromatic rings. The number of hydrogen-bond acceptors (Lipinski definition) is 4. The third kappa shape index (κ3) is 3.29. The topological polar surface area (TPSA) is 37.8 Å². The number of nitrogens with zero attached hydrogens (tertiary/aromatic N) is 2. The van der Waals surface area contributed by atoms with Crippen LogP contribution in [0.1, 0.15) is 22.4 Å². The van der Waals surface area contributed by atoms with Crippen LogP contribution in [0.5, 0.6) is 0 Å². The second-order valence-corrected chi connectivity index (χ2v) is 6.03. The van der Waals surface area contributed by atoms with Crippen LogP contribution in [0.3, 0.4) is 0 Å². The predicted molar refractivity (Wildman–Crippen MR) is 80.4 cm³/mol. The molecule has 0 saturated carbocycles. The van der Waals surface area contributed by atoms with E-state index in [0.29, 0.717) is 0 Å². The van der Waals surface area contributed by atoms with E-state index in [-0.39, 0.29) is 0 Å². The molecule has 0 amide bonds. The van der Waals surface area contributed by atoms with Gasteiger partial charge in [-0.1, -0.05) is 6.92 Å². The molecule has 0 fully saturated rings. The molecular weight excluding hydrogens is 310 g/mol. The quantitative estimate of drug-likeness (QED) is 0.907. The Morgan fingerprint density at radius 1 is 1.39 bits per heavy atom. The van der Waals surface area contributed by atoms with E-state index >= 15 is 0 Å². The summed E-state index contributed by atoms with van der Waals surface area (Å²) < 4.78 is 1.04. The molecule has 3 nitrogen and oxygen atoms in total. The maximum Gasteiger partial charge on any atom is 0.140 e. The van der Waals surface area contributed by atoms with Crippen LogP contribution >= 0.6 is 27.3 Å². The largest absolute Gasteiger partial charge is 0.369 e. The minimum absolute atomic E-state index is 0.853. The first-order valence-corrected chi connectivity index (χ1v) is 7.60. The van der Waals surface area contributed by atoms with Crippen molar-refractivity contribution < 1.29 is 0 Å². The Labute approximate surface area is 120 Å².